The van der Waals surface area contributed by atoms with Gasteiger partial charge in [0, 0.05) is 26.9 Å². The molecule has 27 heavy (non-hydrogen) atoms. The first-order valence-electron chi connectivity index (χ1n) is 8.67. The Labute approximate surface area is 178 Å². The van der Waals surface area contributed by atoms with Gasteiger partial charge in [0.1, 0.15) is 0 Å². The van der Waals surface area contributed by atoms with E-state index in [1.807, 2.05) is 19.1 Å². The van der Waals surface area contributed by atoms with Crippen molar-refractivity contribution in [3.8, 4) is 0 Å². The van der Waals surface area contributed by atoms with Gasteiger partial charge in [-0.3, -0.25) is 14.9 Å². The van der Waals surface area contributed by atoms with Crippen molar-refractivity contribution in [1.29, 1.82) is 0 Å². The minimum atomic E-state index is -0.266. The largest absolute Gasteiger partial charge is 0.352 e. The fraction of sp³-hybridized carbons (Fsp3) is 0.250. The van der Waals surface area contributed by atoms with Crippen molar-refractivity contribution in [2.75, 3.05) is 11.9 Å². The van der Waals surface area contributed by atoms with Crippen LogP contribution in [0.25, 0.3) is 0 Å². The highest BCUT2D eigenvalue weighted by Crippen LogP contribution is 2.14. The van der Waals surface area contributed by atoms with Gasteiger partial charge in [-0.05, 0) is 90.1 Å². The highest BCUT2D eigenvalue weighted by atomic mass is 127. The highest BCUT2D eigenvalue weighted by Gasteiger charge is 2.10. The van der Waals surface area contributed by atoms with Gasteiger partial charge in [0.2, 0.25) is 0 Å². The molecule has 142 valence electrons. The van der Waals surface area contributed by atoms with E-state index in [9.17, 15) is 9.59 Å². The van der Waals surface area contributed by atoms with Gasteiger partial charge < -0.3 is 10.6 Å². The van der Waals surface area contributed by atoms with E-state index in [-0.39, 0.29) is 16.9 Å². The first-order valence-corrected chi connectivity index (χ1v) is 10.2. The van der Waals surface area contributed by atoms with Gasteiger partial charge >= 0.3 is 0 Å². The van der Waals surface area contributed by atoms with Crippen LogP contribution >= 0.6 is 34.8 Å². The summed E-state index contributed by atoms with van der Waals surface area (Å²) < 4.78 is 1.02. The molecule has 0 atom stereocenters. The SMILES string of the molecule is CCCCNC(=O)c1ccc(NC(=S)NC(=O)c2ccc(C)c(I)c2)cc1. The first-order chi connectivity index (χ1) is 12.9. The molecule has 0 heterocycles. The van der Waals surface area contributed by atoms with Gasteiger partial charge in [-0.1, -0.05) is 19.4 Å². The lowest BCUT2D eigenvalue weighted by Gasteiger charge is -2.11. The molecule has 3 N–H and O–H groups in total. The normalized spacial score (nSPS) is 10.2. The number of carbonyl (C=O) groups is 2. The van der Waals surface area contributed by atoms with Crippen LogP contribution in [-0.2, 0) is 0 Å². The maximum atomic E-state index is 12.3. The Hall–Kier alpha value is -2.00. The molecule has 2 rings (SSSR count). The maximum Gasteiger partial charge on any atom is 0.257 e. The lowest BCUT2D eigenvalue weighted by molar-refractivity contribution is 0.0950. The summed E-state index contributed by atoms with van der Waals surface area (Å²) in [7, 11) is 0. The number of anilines is 1. The monoisotopic (exact) mass is 495 g/mol. The topological polar surface area (TPSA) is 70.2 Å². The van der Waals surface area contributed by atoms with E-state index >= 15 is 0 Å². The molecule has 2 amide bonds. The van der Waals surface area contributed by atoms with Crippen LogP contribution in [-0.4, -0.2) is 23.5 Å². The number of aryl methyl sites for hydroxylation is 1. The van der Waals surface area contributed by atoms with Crippen molar-refractivity contribution in [2.45, 2.75) is 26.7 Å². The van der Waals surface area contributed by atoms with E-state index in [2.05, 4.69) is 45.5 Å². The summed E-state index contributed by atoms with van der Waals surface area (Å²) in [6.07, 6.45) is 1.99. The molecule has 0 saturated carbocycles. The standard InChI is InChI=1S/C20H22IN3O2S/c1-3-4-11-22-18(25)14-7-9-16(10-8-14)23-20(27)24-19(26)15-6-5-13(2)17(21)12-15/h5-10,12H,3-4,11H2,1-2H3,(H,22,25)(H2,23,24,26,27). The molecule has 2 aromatic rings. The second-order valence-electron chi connectivity index (χ2n) is 6.06. The predicted molar refractivity (Wildman–Crippen MR) is 121 cm³/mol. The number of thiocarbonyl (C=S) groups is 1. The summed E-state index contributed by atoms with van der Waals surface area (Å²) in [4.78, 5) is 24.3. The Kier molecular flexibility index (Phi) is 8.18. The van der Waals surface area contributed by atoms with E-state index in [4.69, 9.17) is 12.2 Å². The summed E-state index contributed by atoms with van der Waals surface area (Å²) in [5, 5.41) is 8.69. The fourth-order valence-corrected chi connectivity index (χ4v) is 2.98. The molecule has 0 saturated heterocycles. The van der Waals surface area contributed by atoms with Gasteiger partial charge in [-0.2, -0.15) is 0 Å². The van der Waals surface area contributed by atoms with E-state index < -0.39 is 0 Å². The Morgan fingerprint density at radius 3 is 2.33 bits per heavy atom. The van der Waals surface area contributed by atoms with Crippen LogP contribution in [0.15, 0.2) is 42.5 Å². The van der Waals surface area contributed by atoms with E-state index in [0.717, 1.165) is 22.0 Å². The Morgan fingerprint density at radius 2 is 1.70 bits per heavy atom. The lowest BCUT2D eigenvalue weighted by atomic mass is 10.1. The average Bonchev–Trinajstić information content (AvgIpc) is 2.64. The third kappa shape index (κ3) is 6.59. The van der Waals surface area contributed by atoms with Crippen molar-refractivity contribution in [1.82, 2.24) is 10.6 Å². The summed E-state index contributed by atoms with van der Waals surface area (Å²) >= 11 is 7.39. The number of hydrogen-bond acceptors (Lipinski definition) is 3. The first kappa shape index (κ1) is 21.3. The van der Waals surface area contributed by atoms with Gasteiger partial charge in [0.25, 0.3) is 11.8 Å². The number of nitrogens with one attached hydrogen (secondary N) is 3. The molecule has 0 aliphatic rings. The molecule has 2 aromatic carbocycles. The van der Waals surface area contributed by atoms with Crippen molar-refractivity contribution in [2.24, 2.45) is 0 Å². The van der Waals surface area contributed by atoms with Crippen LogP contribution in [0, 0.1) is 10.5 Å². The zero-order chi connectivity index (χ0) is 19.8. The third-order valence-electron chi connectivity index (χ3n) is 3.88. The summed E-state index contributed by atoms with van der Waals surface area (Å²) in [6, 6.07) is 12.4. The van der Waals surface area contributed by atoms with Crippen molar-refractivity contribution < 1.29 is 9.59 Å². The van der Waals surface area contributed by atoms with Crippen molar-refractivity contribution in [3.63, 3.8) is 0 Å². The van der Waals surface area contributed by atoms with Gasteiger partial charge in [0.05, 0.1) is 0 Å². The smallest absolute Gasteiger partial charge is 0.257 e. The zero-order valence-electron chi connectivity index (χ0n) is 15.3. The van der Waals surface area contributed by atoms with Crippen LogP contribution in [0.4, 0.5) is 5.69 Å². The highest BCUT2D eigenvalue weighted by molar-refractivity contribution is 14.1. The van der Waals surface area contributed by atoms with E-state index in [1.54, 1.807) is 30.3 Å². The second-order valence-corrected chi connectivity index (χ2v) is 7.63. The van der Waals surface area contributed by atoms with Crippen LogP contribution in [0.1, 0.15) is 46.0 Å². The molecule has 0 aliphatic carbocycles. The fourth-order valence-electron chi connectivity index (χ4n) is 2.26. The Morgan fingerprint density at radius 1 is 1.04 bits per heavy atom. The number of unbranched alkanes of at least 4 members (excludes halogenated alkanes) is 1. The number of rotatable bonds is 6. The Balaban J connectivity index is 1.90. The number of hydrogen-bond donors (Lipinski definition) is 3. The van der Waals surface area contributed by atoms with Gasteiger partial charge in [-0.25, -0.2) is 0 Å². The minimum Gasteiger partial charge on any atom is -0.352 e. The van der Waals surface area contributed by atoms with Crippen LogP contribution in [0.2, 0.25) is 0 Å². The third-order valence-corrected chi connectivity index (χ3v) is 5.25. The molecule has 0 radical (unpaired) electrons. The summed E-state index contributed by atoms with van der Waals surface area (Å²) in [5.41, 5.74) is 2.95. The molecule has 0 aliphatic heterocycles. The molecule has 0 fully saturated rings. The Bertz CT molecular complexity index is 838. The molecular formula is C20H22IN3O2S. The lowest BCUT2D eigenvalue weighted by Crippen LogP contribution is -2.34. The van der Waals surface area contributed by atoms with Crippen molar-refractivity contribution >= 4 is 57.4 Å². The summed E-state index contributed by atoms with van der Waals surface area (Å²) in [5.74, 6) is -0.364. The molecule has 0 aromatic heterocycles. The molecular weight excluding hydrogens is 473 g/mol. The van der Waals surface area contributed by atoms with Gasteiger partial charge in [0.15, 0.2) is 5.11 Å². The zero-order valence-corrected chi connectivity index (χ0v) is 18.2. The van der Waals surface area contributed by atoms with E-state index in [1.165, 1.54) is 0 Å². The van der Waals surface area contributed by atoms with Crippen LogP contribution < -0.4 is 16.0 Å². The molecule has 0 bridgehead atoms. The molecule has 5 nitrogen and oxygen atoms in total. The number of amides is 2. The molecule has 0 spiro atoms. The maximum absolute atomic E-state index is 12.3. The minimum absolute atomic E-state index is 0.0974. The number of benzene rings is 2. The van der Waals surface area contributed by atoms with Crippen LogP contribution in [0.5, 0.6) is 0 Å². The van der Waals surface area contributed by atoms with Crippen molar-refractivity contribution in [3.05, 3.63) is 62.7 Å². The quantitative estimate of drug-likeness (QED) is 0.318. The summed E-state index contributed by atoms with van der Waals surface area (Å²) in [6.45, 7) is 4.74. The average molecular weight is 495 g/mol. The molecule has 7 heteroatoms. The number of carbonyl (C=O) groups excluding carboxylic acids is 2. The van der Waals surface area contributed by atoms with E-state index in [0.29, 0.717) is 23.4 Å². The predicted octanol–water partition coefficient (Wildman–Crippen LogP) is 4.26. The van der Waals surface area contributed by atoms with Gasteiger partial charge in [-0.15, -0.1) is 0 Å². The molecule has 0 unspecified atom stereocenters. The van der Waals surface area contributed by atoms with Crippen LogP contribution in [0.3, 0.4) is 0 Å². The second kappa shape index (κ2) is 10.4. The number of halogens is 1.